The van der Waals surface area contributed by atoms with Crippen LogP contribution in [0.4, 0.5) is 14.5 Å². The van der Waals surface area contributed by atoms with Gasteiger partial charge in [-0.2, -0.15) is 4.31 Å². The van der Waals surface area contributed by atoms with Gasteiger partial charge in [0.2, 0.25) is 10.0 Å². The van der Waals surface area contributed by atoms with Gasteiger partial charge in [0.1, 0.15) is 9.77 Å². The summed E-state index contributed by atoms with van der Waals surface area (Å²) in [5.74, 6) is -3.06. The number of amides is 1. The van der Waals surface area contributed by atoms with Crippen LogP contribution in [0.5, 0.6) is 0 Å². The molecule has 9 heteroatoms. The maximum Gasteiger partial charge on any atom is 0.267 e. The maximum atomic E-state index is 13.7. The molecule has 1 amide bonds. The van der Waals surface area contributed by atoms with Crippen LogP contribution in [0.2, 0.25) is 0 Å². The molecule has 0 aliphatic carbocycles. The topological polar surface area (TPSA) is 66.5 Å². The van der Waals surface area contributed by atoms with Crippen molar-refractivity contribution in [3.63, 3.8) is 0 Å². The van der Waals surface area contributed by atoms with Crippen molar-refractivity contribution in [1.29, 1.82) is 0 Å². The summed E-state index contributed by atoms with van der Waals surface area (Å²) >= 11 is 0.944. The molecular weight excluding hydrogens is 370 g/mol. The average Bonchev–Trinajstić information content (AvgIpc) is 3.10. The number of sulfonamides is 1. The zero-order valence-electron chi connectivity index (χ0n) is 13.2. The first kappa shape index (κ1) is 18.0. The zero-order valence-corrected chi connectivity index (χ0v) is 14.8. The number of hydrogen-bond acceptors (Lipinski definition) is 4. The van der Waals surface area contributed by atoms with E-state index in [0.717, 1.165) is 36.7 Å². The molecule has 2 aromatic rings. The number of piperidine rings is 1. The van der Waals surface area contributed by atoms with Crippen LogP contribution < -0.4 is 5.32 Å². The highest BCUT2D eigenvalue weighted by Crippen LogP contribution is 2.28. The molecule has 1 fully saturated rings. The number of carbonyl (C=O) groups is 1. The quantitative estimate of drug-likeness (QED) is 0.875. The highest BCUT2D eigenvalue weighted by atomic mass is 32.2. The van der Waals surface area contributed by atoms with Gasteiger partial charge in [-0.15, -0.1) is 11.3 Å². The molecular formula is C16H16F2N2O3S2. The molecule has 1 N–H and O–H groups in total. The predicted octanol–water partition coefficient (Wildman–Crippen LogP) is 3.45. The second-order valence-corrected chi connectivity index (χ2v) is 8.46. The molecule has 1 aliphatic rings. The van der Waals surface area contributed by atoms with E-state index in [0.29, 0.717) is 13.1 Å². The Morgan fingerprint density at radius 1 is 1.12 bits per heavy atom. The van der Waals surface area contributed by atoms with Gasteiger partial charge >= 0.3 is 0 Å². The van der Waals surface area contributed by atoms with Gasteiger partial charge in [-0.1, -0.05) is 12.5 Å². The molecule has 1 aliphatic heterocycles. The normalized spacial score (nSPS) is 15.9. The van der Waals surface area contributed by atoms with Crippen LogP contribution in [0, 0.1) is 11.6 Å². The Hall–Kier alpha value is -1.84. The van der Waals surface area contributed by atoms with E-state index in [1.807, 2.05) is 0 Å². The number of benzene rings is 1. The Bertz CT molecular complexity index is 891. The van der Waals surface area contributed by atoms with Crippen molar-refractivity contribution in [2.75, 3.05) is 18.4 Å². The first-order chi connectivity index (χ1) is 11.9. The number of hydrogen-bond donors (Lipinski definition) is 1. The lowest BCUT2D eigenvalue weighted by Gasteiger charge is -2.25. The summed E-state index contributed by atoms with van der Waals surface area (Å²) in [7, 11) is -3.79. The molecule has 0 unspecified atom stereocenters. The monoisotopic (exact) mass is 386 g/mol. The lowest BCUT2D eigenvalue weighted by Crippen LogP contribution is -2.36. The van der Waals surface area contributed by atoms with E-state index < -0.39 is 27.6 Å². The van der Waals surface area contributed by atoms with E-state index in [2.05, 4.69) is 5.32 Å². The molecule has 1 saturated heterocycles. The Kier molecular flexibility index (Phi) is 5.16. The third-order valence-corrected chi connectivity index (χ3v) is 6.95. The SMILES string of the molecule is O=C(Nc1cccc(F)c1F)c1sccc1S(=O)(=O)N1CCCCC1. The smallest absolute Gasteiger partial charge is 0.267 e. The van der Waals surface area contributed by atoms with E-state index >= 15 is 0 Å². The summed E-state index contributed by atoms with van der Waals surface area (Å²) < 4.78 is 53.9. The molecule has 0 radical (unpaired) electrons. The van der Waals surface area contributed by atoms with Gasteiger partial charge in [0, 0.05) is 13.1 Å². The van der Waals surface area contributed by atoms with Crippen LogP contribution in [-0.4, -0.2) is 31.7 Å². The van der Waals surface area contributed by atoms with E-state index in [1.54, 1.807) is 0 Å². The van der Waals surface area contributed by atoms with E-state index in [4.69, 9.17) is 0 Å². The van der Waals surface area contributed by atoms with Crippen molar-refractivity contribution < 1.29 is 22.0 Å². The van der Waals surface area contributed by atoms with Crippen molar-refractivity contribution in [1.82, 2.24) is 4.31 Å². The minimum atomic E-state index is -3.79. The second-order valence-electron chi connectivity index (χ2n) is 5.63. The Morgan fingerprint density at radius 2 is 1.84 bits per heavy atom. The molecule has 1 aromatic heterocycles. The highest BCUT2D eigenvalue weighted by molar-refractivity contribution is 7.89. The number of carbonyl (C=O) groups excluding carboxylic acids is 1. The van der Waals surface area contributed by atoms with Crippen molar-refractivity contribution in [2.24, 2.45) is 0 Å². The predicted molar refractivity (Wildman–Crippen MR) is 91.2 cm³/mol. The number of thiophene rings is 1. The summed E-state index contributed by atoms with van der Waals surface area (Å²) in [5.41, 5.74) is -0.334. The van der Waals surface area contributed by atoms with Gasteiger partial charge in [-0.3, -0.25) is 4.79 Å². The maximum absolute atomic E-state index is 13.7. The van der Waals surface area contributed by atoms with Gasteiger partial charge in [-0.25, -0.2) is 17.2 Å². The molecule has 0 spiro atoms. The minimum absolute atomic E-state index is 0.0470. The molecule has 2 heterocycles. The first-order valence-electron chi connectivity index (χ1n) is 7.74. The Balaban J connectivity index is 1.88. The molecule has 3 rings (SSSR count). The van der Waals surface area contributed by atoms with Gasteiger partial charge < -0.3 is 5.32 Å². The number of nitrogens with zero attached hydrogens (tertiary/aromatic N) is 1. The number of nitrogens with one attached hydrogen (secondary N) is 1. The van der Waals surface area contributed by atoms with E-state index in [1.165, 1.54) is 27.9 Å². The molecule has 1 aromatic carbocycles. The molecule has 134 valence electrons. The van der Waals surface area contributed by atoms with Gasteiger partial charge in [0.25, 0.3) is 5.91 Å². The summed E-state index contributed by atoms with van der Waals surface area (Å²) in [6, 6.07) is 4.77. The summed E-state index contributed by atoms with van der Waals surface area (Å²) in [5, 5.41) is 3.74. The first-order valence-corrected chi connectivity index (χ1v) is 10.1. The van der Waals surface area contributed by atoms with Crippen LogP contribution in [0.15, 0.2) is 34.5 Å². The fourth-order valence-corrected chi connectivity index (χ4v) is 5.50. The lowest BCUT2D eigenvalue weighted by atomic mass is 10.2. The van der Waals surface area contributed by atoms with Crippen LogP contribution in [0.1, 0.15) is 28.9 Å². The van der Waals surface area contributed by atoms with Crippen molar-refractivity contribution in [3.8, 4) is 0 Å². The third kappa shape index (κ3) is 3.58. The summed E-state index contributed by atoms with van der Waals surface area (Å²) in [6.07, 6.45) is 2.53. The van der Waals surface area contributed by atoms with Crippen molar-refractivity contribution >= 4 is 33.0 Å². The summed E-state index contributed by atoms with van der Waals surface area (Å²) in [6.45, 7) is 0.829. The van der Waals surface area contributed by atoms with Crippen LogP contribution >= 0.6 is 11.3 Å². The largest absolute Gasteiger partial charge is 0.319 e. The average molecular weight is 386 g/mol. The molecule has 25 heavy (non-hydrogen) atoms. The number of anilines is 1. The summed E-state index contributed by atoms with van der Waals surface area (Å²) in [4.78, 5) is 12.3. The minimum Gasteiger partial charge on any atom is -0.319 e. The van der Waals surface area contributed by atoms with Crippen LogP contribution in [0.25, 0.3) is 0 Å². The third-order valence-electron chi connectivity index (χ3n) is 3.97. The number of rotatable bonds is 4. The van der Waals surface area contributed by atoms with Crippen molar-refractivity contribution in [3.05, 3.63) is 46.2 Å². The molecule has 0 saturated carbocycles. The fourth-order valence-electron chi connectivity index (χ4n) is 2.69. The molecule has 0 atom stereocenters. The molecule has 0 bridgehead atoms. The van der Waals surface area contributed by atoms with Crippen molar-refractivity contribution in [2.45, 2.75) is 24.2 Å². The highest BCUT2D eigenvalue weighted by Gasteiger charge is 2.31. The standard InChI is InChI=1S/C16H16F2N2O3S2/c17-11-5-4-6-12(14(11)18)19-16(21)15-13(7-10-24-15)25(22,23)20-8-2-1-3-9-20/h4-7,10H,1-3,8-9H2,(H,19,21). The number of halogens is 2. The van der Waals surface area contributed by atoms with Gasteiger partial charge in [-0.05, 0) is 36.4 Å². The van der Waals surface area contributed by atoms with Gasteiger partial charge in [0.05, 0.1) is 5.69 Å². The zero-order chi connectivity index (χ0) is 18.0. The van der Waals surface area contributed by atoms with Crippen LogP contribution in [0.3, 0.4) is 0 Å². The van der Waals surface area contributed by atoms with Gasteiger partial charge in [0.15, 0.2) is 11.6 Å². The lowest BCUT2D eigenvalue weighted by molar-refractivity contribution is 0.102. The van der Waals surface area contributed by atoms with Crippen LogP contribution in [-0.2, 0) is 10.0 Å². The fraction of sp³-hybridized carbons (Fsp3) is 0.312. The Morgan fingerprint density at radius 3 is 2.56 bits per heavy atom. The molecule has 5 nitrogen and oxygen atoms in total. The van der Waals surface area contributed by atoms with E-state index in [9.17, 15) is 22.0 Å². The van der Waals surface area contributed by atoms with E-state index in [-0.39, 0.29) is 15.5 Å². The Labute approximate surface area is 148 Å². The second kappa shape index (κ2) is 7.19.